The van der Waals surface area contributed by atoms with Gasteiger partial charge in [0, 0.05) is 17.7 Å². The van der Waals surface area contributed by atoms with Crippen LogP contribution in [0.2, 0.25) is 0 Å². The quantitative estimate of drug-likeness (QED) is 0.389. The number of nitro groups is 1. The minimum absolute atomic E-state index is 0.124. The number of hydrazone groups is 1. The molecule has 0 amide bonds. The number of nitro benzene ring substituents is 1. The van der Waals surface area contributed by atoms with E-state index in [1.807, 2.05) is 24.3 Å². The first kappa shape index (κ1) is 22.3. The molecule has 0 saturated heterocycles. The summed E-state index contributed by atoms with van der Waals surface area (Å²) in [5.41, 5.74) is 5.80. The zero-order valence-corrected chi connectivity index (χ0v) is 18.6. The molecule has 0 spiro atoms. The van der Waals surface area contributed by atoms with Crippen molar-refractivity contribution < 1.29 is 18.1 Å². The topological polar surface area (TPSA) is 123 Å². The average molecular weight is 467 g/mol. The molecule has 2 N–H and O–H groups in total. The smallest absolute Gasteiger partial charge is 0.270 e. The van der Waals surface area contributed by atoms with Gasteiger partial charge in [-0.15, -0.1) is 0 Å². The molecule has 0 fully saturated rings. The van der Waals surface area contributed by atoms with Crippen molar-refractivity contribution in [2.24, 2.45) is 5.10 Å². The second-order valence-corrected chi connectivity index (χ2v) is 9.08. The monoisotopic (exact) mass is 466 g/mol. The van der Waals surface area contributed by atoms with E-state index in [9.17, 15) is 18.5 Å². The number of fused-ring (bicyclic) bond motifs is 1. The molecule has 0 bridgehead atoms. The fraction of sp³-hybridized carbons (Fsp3) is 0.174. The lowest BCUT2D eigenvalue weighted by molar-refractivity contribution is -0.385. The first-order chi connectivity index (χ1) is 15.9. The fourth-order valence-electron chi connectivity index (χ4n) is 3.71. The summed E-state index contributed by atoms with van der Waals surface area (Å²) in [4.78, 5) is 10.4. The Balaban J connectivity index is 1.72. The van der Waals surface area contributed by atoms with Gasteiger partial charge < -0.3 is 4.74 Å². The van der Waals surface area contributed by atoms with E-state index in [1.54, 1.807) is 24.3 Å². The maximum atomic E-state index is 13.2. The number of non-ortho nitro benzene ring substituents is 1. The molecular weight excluding hydrogens is 444 g/mol. The number of benzene rings is 3. The second-order valence-electron chi connectivity index (χ2n) is 7.42. The van der Waals surface area contributed by atoms with Gasteiger partial charge in [-0.25, -0.2) is 8.42 Å². The Hall–Kier alpha value is -3.92. The predicted molar refractivity (Wildman–Crippen MR) is 126 cm³/mol. The first-order valence-electron chi connectivity index (χ1n) is 10.2. The Bertz CT molecular complexity index is 1340. The number of hydrogen-bond donors (Lipinski definition) is 2. The number of nitrogens with one attached hydrogen (secondary N) is 2. The molecule has 0 radical (unpaired) electrons. The lowest BCUT2D eigenvalue weighted by Crippen LogP contribution is -2.17. The van der Waals surface area contributed by atoms with E-state index in [0.717, 1.165) is 36.6 Å². The predicted octanol–water partition coefficient (Wildman–Crippen LogP) is 4.56. The van der Waals surface area contributed by atoms with Crippen molar-refractivity contribution in [2.75, 3.05) is 17.3 Å². The molecule has 1 aliphatic carbocycles. The summed E-state index contributed by atoms with van der Waals surface area (Å²) in [6.45, 7) is 0. The van der Waals surface area contributed by atoms with Gasteiger partial charge in [0.15, 0.2) is 0 Å². The number of aryl methyl sites for hydroxylation is 1. The molecule has 10 heteroatoms. The molecule has 0 aromatic heterocycles. The number of anilines is 2. The molecule has 0 saturated carbocycles. The molecule has 0 aliphatic heterocycles. The summed E-state index contributed by atoms with van der Waals surface area (Å²) in [6, 6.07) is 18.0. The van der Waals surface area contributed by atoms with Crippen LogP contribution < -0.4 is 14.9 Å². The summed E-state index contributed by atoms with van der Waals surface area (Å²) in [7, 11) is -2.79. The van der Waals surface area contributed by atoms with Gasteiger partial charge in [-0.2, -0.15) is 5.10 Å². The zero-order chi connectivity index (χ0) is 23.4. The maximum Gasteiger partial charge on any atom is 0.270 e. The van der Waals surface area contributed by atoms with Crippen LogP contribution in [0.5, 0.6) is 5.75 Å². The van der Waals surface area contributed by atoms with Crippen molar-refractivity contribution in [1.82, 2.24) is 0 Å². The minimum atomic E-state index is -4.21. The van der Waals surface area contributed by atoms with Crippen molar-refractivity contribution in [3.8, 4) is 5.75 Å². The largest absolute Gasteiger partial charge is 0.495 e. The van der Waals surface area contributed by atoms with E-state index >= 15 is 0 Å². The maximum absolute atomic E-state index is 13.2. The molecule has 0 unspecified atom stereocenters. The van der Waals surface area contributed by atoms with Crippen LogP contribution in [0.1, 0.15) is 24.0 Å². The van der Waals surface area contributed by atoms with Gasteiger partial charge in [-0.05, 0) is 43.0 Å². The van der Waals surface area contributed by atoms with Crippen LogP contribution in [-0.4, -0.2) is 26.2 Å². The number of methoxy groups -OCH3 is 1. The van der Waals surface area contributed by atoms with Gasteiger partial charge in [-0.3, -0.25) is 20.3 Å². The lowest BCUT2D eigenvalue weighted by atomic mass is 9.90. The Kier molecular flexibility index (Phi) is 6.27. The average Bonchev–Trinajstić information content (AvgIpc) is 2.82. The van der Waals surface area contributed by atoms with Gasteiger partial charge in [0.05, 0.1) is 29.1 Å². The lowest BCUT2D eigenvalue weighted by Gasteiger charge is -2.18. The van der Waals surface area contributed by atoms with Crippen molar-refractivity contribution >= 4 is 32.8 Å². The van der Waals surface area contributed by atoms with Crippen molar-refractivity contribution in [1.29, 1.82) is 0 Å². The van der Waals surface area contributed by atoms with E-state index < -0.39 is 14.9 Å². The van der Waals surface area contributed by atoms with Gasteiger partial charge >= 0.3 is 0 Å². The first-order valence-corrected chi connectivity index (χ1v) is 11.7. The van der Waals surface area contributed by atoms with Crippen LogP contribution in [0.3, 0.4) is 0 Å². The van der Waals surface area contributed by atoms with Gasteiger partial charge in [0.1, 0.15) is 10.6 Å². The van der Waals surface area contributed by atoms with Crippen molar-refractivity contribution in [2.45, 2.75) is 24.2 Å². The molecule has 3 aromatic rings. The molecule has 0 heterocycles. The van der Waals surface area contributed by atoms with Gasteiger partial charge in [-0.1, -0.05) is 36.4 Å². The van der Waals surface area contributed by atoms with Crippen LogP contribution in [-0.2, 0) is 16.4 Å². The Morgan fingerprint density at radius 1 is 1.00 bits per heavy atom. The van der Waals surface area contributed by atoms with Crippen LogP contribution >= 0.6 is 0 Å². The van der Waals surface area contributed by atoms with E-state index in [2.05, 4.69) is 15.2 Å². The van der Waals surface area contributed by atoms with Crippen molar-refractivity contribution in [3.05, 3.63) is 88.0 Å². The molecule has 0 atom stereocenters. The zero-order valence-electron chi connectivity index (χ0n) is 17.8. The highest BCUT2D eigenvalue weighted by molar-refractivity contribution is 7.93. The van der Waals surface area contributed by atoms with E-state index in [4.69, 9.17) is 4.74 Å². The summed E-state index contributed by atoms with van der Waals surface area (Å²) >= 11 is 0. The van der Waals surface area contributed by atoms with Crippen molar-refractivity contribution in [3.63, 3.8) is 0 Å². The molecule has 170 valence electrons. The van der Waals surface area contributed by atoms with E-state index in [1.165, 1.54) is 24.8 Å². The SMILES string of the molecule is COc1ccccc1NS(=O)(=O)c1cc([N+](=O)[O-])ccc1N/N=C1/CCCc2ccccc21. The summed E-state index contributed by atoms with van der Waals surface area (Å²) in [5.74, 6) is 0.320. The molecule has 33 heavy (non-hydrogen) atoms. The van der Waals surface area contributed by atoms with Crippen LogP contribution in [0.4, 0.5) is 17.1 Å². The third-order valence-electron chi connectivity index (χ3n) is 5.32. The minimum Gasteiger partial charge on any atom is -0.495 e. The second kappa shape index (κ2) is 9.29. The number of para-hydroxylation sites is 2. The van der Waals surface area contributed by atoms with Crippen LogP contribution in [0.15, 0.2) is 76.7 Å². The standard InChI is InChI=1S/C23H22N4O5S/c1-32-22-12-5-4-10-20(22)26-33(30,31)23-15-17(27(28)29)13-14-21(23)25-24-19-11-6-8-16-7-2-3-9-18(16)19/h2-5,7,9-10,12-15,25-26H,6,8,11H2,1H3/b24-19-. The number of hydrogen-bond acceptors (Lipinski definition) is 7. The third-order valence-corrected chi connectivity index (χ3v) is 6.72. The number of sulfonamides is 1. The summed E-state index contributed by atoms with van der Waals surface area (Å²) < 4.78 is 34.1. The fourth-order valence-corrected chi connectivity index (χ4v) is 4.96. The Morgan fingerprint density at radius 3 is 2.55 bits per heavy atom. The highest BCUT2D eigenvalue weighted by Crippen LogP contribution is 2.31. The Morgan fingerprint density at radius 2 is 1.76 bits per heavy atom. The third kappa shape index (κ3) is 4.80. The molecule has 4 rings (SSSR count). The molecule has 3 aromatic carbocycles. The molecule has 1 aliphatic rings. The number of ether oxygens (including phenoxy) is 1. The van der Waals surface area contributed by atoms with E-state index in [0.29, 0.717) is 5.75 Å². The number of nitrogens with zero attached hydrogens (tertiary/aromatic N) is 2. The van der Waals surface area contributed by atoms with Gasteiger partial charge in [0.25, 0.3) is 15.7 Å². The molecule has 9 nitrogen and oxygen atoms in total. The molecular formula is C23H22N4O5S. The highest BCUT2D eigenvalue weighted by Gasteiger charge is 2.24. The van der Waals surface area contributed by atoms with Gasteiger partial charge in [0.2, 0.25) is 0 Å². The Labute approximate surface area is 191 Å². The number of rotatable bonds is 7. The van der Waals surface area contributed by atoms with Crippen LogP contribution in [0, 0.1) is 10.1 Å². The highest BCUT2D eigenvalue weighted by atomic mass is 32.2. The van der Waals surface area contributed by atoms with E-state index in [-0.39, 0.29) is 22.0 Å². The summed E-state index contributed by atoms with van der Waals surface area (Å²) in [5, 5.41) is 15.8. The summed E-state index contributed by atoms with van der Waals surface area (Å²) in [6.07, 6.45) is 2.62. The van der Waals surface area contributed by atoms with Crippen LogP contribution in [0.25, 0.3) is 0 Å². The normalized spacial score (nSPS) is 14.4.